The summed E-state index contributed by atoms with van der Waals surface area (Å²) < 4.78 is 6.19. The van der Waals surface area contributed by atoms with E-state index < -0.39 is 0 Å². The van der Waals surface area contributed by atoms with Gasteiger partial charge in [0.05, 0.1) is 19.9 Å². The van der Waals surface area contributed by atoms with E-state index in [9.17, 15) is 9.59 Å². The maximum Gasteiger partial charge on any atom is 0.409 e. The maximum absolute atomic E-state index is 12.2. The summed E-state index contributed by atoms with van der Waals surface area (Å²) in [5.41, 5.74) is 5.71. The highest BCUT2D eigenvalue weighted by Crippen LogP contribution is 2.07. The predicted molar refractivity (Wildman–Crippen MR) is 69.0 cm³/mol. The Morgan fingerprint density at radius 2 is 1.95 bits per heavy atom. The number of hydrogen-bond acceptors (Lipinski definition) is 6. The van der Waals surface area contributed by atoms with E-state index in [1.165, 1.54) is 11.8 Å². The van der Waals surface area contributed by atoms with Crippen molar-refractivity contribution in [2.75, 3.05) is 39.8 Å². The van der Waals surface area contributed by atoms with Crippen LogP contribution >= 0.6 is 0 Å². The van der Waals surface area contributed by atoms with Crippen LogP contribution < -0.4 is 5.73 Å². The van der Waals surface area contributed by atoms with Crippen molar-refractivity contribution in [1.82, 2.24) is 24.8 Å². The molecule has 9 nitrogen and oxygen atoms in total. The molecule has 110 valence electrons. The number of hydrogen-bond donors (Lipinski definition) is 1. The molecule has 1 aromatic rings. The first-order valence-corrected chi connectivity index (χ1v) is 6.38. The molecule has 1 saturated heterocycles. The molecule has 0 aliphatic carbocycles. The standard InChI is InChI=1S/C11H18N6O3/c1-20-11(19)16-6-4-15(5-7-16)10(18)9-8-17(3-2-12)14-13-9/h8H,2-7,12H2,1H3. The molecule has 2 amide bonds. The summed E-state index contributed by atoms with van der Waals surface area (Å²) in [4.78, 5) is 26.8. The van der Waals surface area contributed by atoms with E-state index in [1.807, 2.05) is 0 Å². The summed E-state index contributed by atoms with van der Waals surface area (Å²) in [5.74, 6) is -0.183. The largest absolute Gasteiger partial charge is 0.453 e. The normalized spacial score (nSPS) is 15.3. The molecule has 2 heterocycles. The molecule has 0 radical (unpaired) electrons. The fraction of sp³-hybridized carbons (Fsp3) is 0.636. The van der Waals surface area contributed by atoms with E-state index in [2.05, 4.69) is 15.0 Å². The number of piperazine rings is 1. The number of amides is 2. The average Bonchev–Trinajstić information content (AvgIpc) is 2.95. The van der Waals surface area contributed by atoms with E-state index in [0.29, 0.717) is 45.0 Å². The van der Waals surface area contributed by atoms with Crippen LogP contribution in [0.1, 0.15) is 10.5 Å². The molecule has 1 aromatic heterocycles. The summed E-state index contributed by atoms with van der Waals surface area (Å²) >= 11 is 0. The first-order chi connectivity index (χ1) is 9.65. The van der Waals surface area contributed by atoms with Crippen LogP contribution in [0.5, 0.6) is 0 Å². The Morgan fingerprint density at radius 3 is 2.55 bits per heavy atom. The Kier molecular flexibility index (Phi) is 4.51. The van der Waals surface area contributed by atoms with Crippen molar-refractivity contribution >= 4 is 12.0 Å². The molecule has 1 fully saturated rings. The van der Waals surface area contributed by atoms with Crippen molar-refractivity contribution in [3.8, 4) is 0 Å². The lowest BCUT2D eigenvalue weighted by atomic mass is 10.3. The van der Waals surface area contributed by atoms with Gasteiger partial charge in [-0.25, -0.2) is 4.79 Å². The van der Waals surface area contributed by atoms with Crippen LogP contribution in [-0.2, 0) is 11.3 Å². The number of rotatable bonds is 3. The van der Waals surface area contributed by atoms with Gasteiger partial charge in [0.1, 0.15) is 0 Å². The third-order valence-electron chi connectivity index (χ3n) is 3.12. The van der Waals surface area contributed by atoms with Crippen LogP contribution in [0.3, 0.4) is 0 Å². The monoisotopic (exact) mass is 282 g/mol. The van der Waals surface area contributed by atoms with Crippen LogP contribution in [0.2, 0.25) is 0 Å². The van der Waals surface area contributed by atoms with Gasteiger partial charge in [-0.15, -0.1) is 5.10 Å². The van der Waals surface area contributed by atoms with Crippen molar-refractivity contribution in [3.05, 3.63) is 11.9 Å². The van der Waals surface area contributed by atoms with Gasteiger partial charge in [0, 0.05) is 32.7 Å². The summed E-state index contributed by atoms with van der Waals surface area (Å²) in [6.45, 7) is 2.78. The highest BCUT2D eigenvalue weighted by molar-refractivity contribution is 5.92. The van der Waals surface area contributed by atoms with Gasteiger partial charge in [-0.1, -0.05) is 5.21 Å². The van der Waals surface area contributed by atoms with Crippen molar-refractivity contribution in [3.63, 3.8) is 0 Å². The number of carbonyl (C=O) groups excluding carboxylic acids is 2. The summed E-state index contributed by atoms with van der Waals surface area (Å²) in [6.07, 6.45) is 1.22. The van der Waals surface area contributed by atoms with Gasteiger partial charge < -0.3 is 20.3 Å². The lowest BCUT2D eigenvalue weighted by Crippen LogP contribution is -2.50. The van der Waals surface area contributed by atoms with Crippen LogP contribution in [0.25, 0.3) is 0 Å². The van der Waals surface area contributed by atoms with E-state index in [-0.39, 0.29) is 12.0 Å². The van der Waals surface area contributed by atoms with Gasteiger partial charge in [-0.3, -0.25) is 9.48 Å². The summed E-state index contributed by atoms with van der Waals surface area (Å²) in [6, 6.07) is 0. The smallest absolute Gasteiger partial charge is 0.409 e. The summed E-state index contributed by atoms with van der Waals surface area (Å²) in [7, 11) is 1.34. The third-order valence-corrected chi connectivity index (χ3v) is 3.12. The number of methoxy groups -OCH3 is 1. The number of aromatic nitrogens is 3. The van der Waals surface area contributed by atoms with E-state index >= 15 is 0 Å². The second kappa shape index (κ2) is 6.33. The first kappa shape index (κ1) is 14.3. The molecule has 2 N–H and O–H groups in total. The minimum absolute atomic E-state index is 0.183. The van der Waals surface area contributed by atoms with Crippen LogP contribution in [-0.4, -0.2) is 76.6 Å². The fourth-order valence-corrected chi connectivity index (χ4v) is 2.02. The molecular weight excluding hydrogens is 264 g/mol. The first-order valence-electron chi connectivity index (χ1n) is 6.38. The van der Waals surface area contributed by atoms with Gasteiger partial charge >= 0.3 is 6.09 Å². The molecule has 9 heteroatoms. The number of nitrogens with zero attached hydrogens (tertiary/aromatic N) is 5. The van der Waals surface area contributed by atoms with Gasteiger partial charge in [0.25, 0.3) is 5.91 Å². The van der Waals surface area contributed by atoms with Gasteiger partial charge in [0.2, 0.25) is 0 Å². The minimum Gasteiger partial charge on any atom is -0.453 e. The number of nitrogens with two attached hydrogens (primary N) is 1. The molecule has 2 rings (SSSR count). The topological polar surface area (TPSA) is 107 Å². The Balaban J connectivity index is 1.92. The zero-order chi connectivity index (χ0) is 14.5. The highest BCUT2D eigenvalue weighted by Gasteiger charge is 2.26. The Morgan fingerprint density at radius 1 is 1.30 bits per heavy atom. The predicted octanol–water partition coefficient (Wildman–Crippen LogP) is -1.24. The molecule has 1 aliphatic rings. The maximum atomic E-state index is 12.2. The van der Waals surface area contributed by atoms with Gasteiger partial charge in [-0.05, 0) is 0 Å². The highest BCUT2D eigenvalue weighted by atomic mass is 16.5. The number of ether oxygens (including phenoxy) is 1. The molecule has 20 heavy (non-hydrogen) atoms. The van der Waals surface area contributed by atoms with Crippen LogP contribution in [0.15, 0.2) is 6.20 Å². The van der Waals surface area contributed by atoms with E-state index in [0.717, 1.165) is 0 Å². The average molecular weight is 282 g/mol. The Bertz CT molecular complexity index is 480. The molecule has 0 saturated carbocycles. The molecule has 0 atom stereocenters. The third kappa shape index (κ3) is 3.05. The van der Waals surface area contributed by atoms with Crippen molar-refractivity contribution < 1.29 is 14.3 Å². The quantitative estimate of drug-likeness (QED) is 0.743. The van der Waals surface area contributed by atoms with Crippen LogP contribution in [0, 0.1) is 0 Å². The molecule has 0 unspecified atom stereocenters. The van der Waals surface area contributed by atoms with Crippen molar-refractivity contribution in [2.24, 2.45) is 5.73 Å². The molecule has 0 aromatic carbocycles. The molecule has 0 bridgehead atoms. The zero-order valence-corrected chi connectivity index (χ0v) is 11.4. The van der Waals surface area contributed by atoms with Gasteiger partial charge in [0.15, 0.2) is 5.69 Å². The Labute approximate surface area is 116 Å². The number of carbonyl (C=O) groups is 2. The second-order valence-corrected chi connectivity index (χ2v) is 4.40. The lowest BCUT2D eigenvalue weighted by molar-refractivity contribution is 0.0594. The SMILES string of the molecule is COC(=O)N1CCN(C(=O)c2cn(CCN)nn2)CC1. The lowest BCUT2D eigenvalue weighted by Gasteiger charge is -2.33. The van der Waals surface area contributed by atoms with E-state index in [1.54, 1.807) is 16.0 Å². The van der Waals surface area contributed by atoms with Crippen molar-refractivity contribution in [2.45, 2.75) is 6.54 Å². The van der Waals surface area contributed by atoms with E-state index in [4.69, 9.17) is 5.73 Å². The van der Waals surface area contributed by atoms with Crippen LogP contribution in [0.4, 0.5) is 4.79 Å². The molecular formula is C11H18N6O3. The van der Waals surface area contributed by atoms with Crippen molar-refractivity contribution in [1.29, 1.82) is 0 Å². The second-order valence-electron chi connectivity index (χ2n) is 4.40. The Hall–Kier alpha value is -2.16. The van der Waals surface area contributed by atoms with Gasteiger partial charge in [-0.2, -0.15) is 0 Å². The zero-order valence-electron chi connectivity index (χ0n) is 11.4. The fourth-order valence-electron chi connectivity index (χ4n) is 2.02. The minimum atomic E-state index is -0.369. The molecule has 0 spiro atoms. The summed E-state index contributed by atoms with van der Waals surface area (Å²) in [5, 5.41) is 7.67. The molecule has 1 aliphatic heterocycles.